The Bertz CT molecular complexity index is 1660. The second-order valence-electron chi connectivity index (χ2n) is 24.2. The van der Waals surface area contributed by atoms with Gasteiger partial charge in [0.1, 0.15) is 19.8 Å². The number of likely N-dealkylation sites (N-methyl/N-ethyl adjacent to an activating group) is 1. The molecule has 2 unspecified atom stereocenters. The fraction of sp³-hybridized carbons (Fsp3) is 0.778. The zero-order valence-electron chi connectivity index (χ0n) is 54.2. The van der Waals surface area contributed by atoms with Gasteiger partial charge in [-0.05, 0) is 64.2 Å². The van der Waals surface area contributed by atoms with Gasteiger partial charge in [-0.25, -0.2) is 4.57 Å². The van der Waals surface area contributed by atoms with E-state index < -0.39 is 26.5 Å². The molecule has 82 heavy (non-hydrogen) atoms. The van der Waals surface area contributed by atoms with Crippen LogP contribution in [0.25, 0.3) is 0 Å². The number of rotatable bonds is 63. The third-order valence-electron chi connectivity index (χ3n) is 14.9. The van der Waals surface area contributed by atoms with E-state index in [9.17, 15) is 19.0 Å². The molecule has 0 aromatic carbocycles. The average Bonchev–Trinajstić information content (AvgIpc) is 3.46. The number of hydrogen-bond donors (Lipinski definition) is 1. The normalized spacial score (nSPS) is 13.7. The van der Waals surface area contributed by atoms with Crippen molar-refractivity contribution in [2.45, 2.75) is 315 Å². The fourth-order valence-electron chi connectivity index (χ4n) is 9.71. The van der Waals surface area contributed by atoms with Crippen LogP contribution in [0.3, 0.4) is 0 Å². The molecule has 0 aromatic heterocycles. The molecule has 1 N–H and O–H groups in total. The maximum absolute atomic E-state index is 12.8. The van der Waals surface area contributed by atoms with Gasteiger partial charge in [-0.15, -0.1) is 0 Å². The van der Waals surface area contributed by atoms with Gasteiger partial charge >= 0.3 is 19.8 Å². The molecular formula is C72H131NO8P+. The summed E-state index contributed by atoms with van der Waals surface area (Å²) in [5.41, 5.74) is 0. The first kappa shape index (κ1) is 79.2. The predicted octanol–water partition coefficient (Wildman–Crippen LogP) is 22.2. The maximum atomic E-state index is 12.8. The minimum Gasteiger partial charge on any atom is -0.462 e. The van der Waals surface area contributed by atoms with Crippen LogP contribution in [0.15, 0.2) is 85.1 Å². The van der Waals surface area contributed by atoms with Gasteiger partial charge in [0.25, 0.3) is 0 Å². The summed E-state index contributed by atoms with van der Waals surface area (Å²) in [6, 6.07) is 0. The SMILES string of the molecule is CC/C=C\C/C=C\C/C=C\C/C=C\C/C=C\C/C=C\C/C=C\CCCC(=O)OC(COC(=O)CCCCCCCCCCCCCCCCCCCCCCCCCCCCCCCCCCCCC)COP(=O)(O)OCC[N+](C)(C)C. The molecule has 9 nitrogen and oxygen atoms in total. The summed E-state index contributed by atoms with van der Waals surface area (Å²) >= 11 is 0. The number of unbranched alkanes of at least 4 members (excludes halogenated alkanes) is 35. The van der Waals surface area contributed by atoms with Crippen LogP contribution in [0.2, 0.25) is 0 Å². The van der Waals surface area contributed by atoms with Gasteiger partial charge in [0.2, 0.25) is 0 Å². The number of quaternary nitrogens is 1. The highest BCUT2D eigenvalue weighted by molar-refractivity contribution is 7.47. The predicted molar refractivity (Wildman–Crippen MR) is 353 cm³/mol. The van der Waals surface area contributed by atoms with Gasteiger partial charge < -0.3 is 18.9 Å². The van der Waals surface area contributed by atoms with Gasteiger partial charge in [0.05, 0.1) is 27.7 Å². The van der Waals surface area contributed by atoms with Gasteiger partial charge in [-0.3, -0.25) is 18.6 Å². The molecule has 2 atom stereocenters. The van der Waals surface area contributed by atoms with Crippen molar-refractivity contribution < 1.29 is 42.1 Å². The van der Waals surface area contributed by atoms with Crippen LogP contribution in [0.4, 0.5) is 0 Å². The lowest BCUT2D eigenvalue weighted by Gasteiger charge is -2.24. The second kappa shape index (κ2) is 62.7. The first-order valence-electron chi connectivity index (χ1n) is 34.3. The van der Waals surface area contributed by atoms with E-state index in [4.69, 9.17) is 18.5 Å². The highest BCUT2D eigenvalue weighted by Gasteiger charge is 2.27. The van der Waals surface area contributed by atoms with Crippen LogP contribution in [0.5, 0.6) is 0 Å². The summed E-state index contributed by atoms with van der Waals surface area (Å²) in [6.07, 6.45) is 85.7. The molecule has 0 aliphatic rings. The van der Waals surface area contributed by atoms with Gasteiger partial charge in [0.15, 0.2) is 6.10 Å². The molecule has 0 aromatic rings. The van der Waals surface area contributed by atoms with E-state index >= 15 is 0 Å². The monoisotopic (exact) mass is 1170 g/mol. The molecule has 0 aliphatic carbocycles. The van der Waals surface area contributed by atoms with Crippen LogP contribution >= 0.6 is 7.82 Å². The van der Waals surface area contributed by atoms with Gasteiger partial charge in [-0.2, -0.15) is 0 Å². The first-order chi connectivity index (χ1) is 40.0. The lowest BCUT2D eigenvalue weighted by atomic mass is 10.0. The van der Waals surface area contributed by atoms with Crippen molar-refractivity contribution in [1.82, 2.24) is 0 Å². The third-order valence-corrected chi connectivity index (χ3v) is 15.9. The summed E-state index contributed by atoms with van der Waals surface area (Å²) in [5.74, 6) is -0.860. The van der Waals surface area contributed by atoms with E-state index in [2.05, 4.69) is 98.9 Å². The summed E-state index contributed by atoms with van der Waals surface area (Å²) in [4.78, 5) is 35.8. The topological polar surface area (TPSA) is 108 Å². The fourth-order valence-corrected chi connectivity index (χ4v) is 10.5. The first-order valence-corrected chi connectivity index (χ1v) is 35.8. The zero-order chi connectivity index (χ0) is 59.8. The zero-order valence-corrected chi connectivity index (χ0v) is 55.1. The molecule has 0 radical (unpaired) electrons. The number of esters is 2. The molecule has 0 rings (SSSR count). The lowest BCUT2D eigenvalue weighted by molar-refractivity contribution is -0.870. The van der Waals surface area contributed by atoms with E-state index in [-0.39, 0.29) is 32.0 Å². The van der Waals surface area contributed by atoms with Crippen molar-refractivity contribution >= 4 is 19.8 Å². The number of nitrogens with zero attached hydrogens (tertiary/aromatic N) is 1. The Balaban J connectivity index is 4.05. The molecule has 0 saturated heterocycles. The van der Waals surface area contributed by atoms with Crippen LogP contribution in [-0.4, -0.2) is 74.9 Å². The quantitative estimate of drug-likeness (QED) is 0.0211. The molecule has 476 valence electrons. The molecule has 0 aliphatic heterocycles. The van der Waals surface area contributed by atoms with Crippen LogP contribution in [-0.2, 0) is 32.7 Å². The van der Waals surface area contributed by atoms with E-state index in [0.717, 1.165) is 64.2 Å². The van der Waals surface area contributed by atoms with Crippen molar-refractivity contribution in [3.63, 3.8) is 0 Å². The van der Waals surface area contributed by atoms with Gasteiger partial charge in [0, 0.05) is 12.8 Å². The summed E-state index contributed by atoms with van der Waals surface area (Å²) in [7, 11) is 1.44. The Morgan fingerprint density at radius 3 is 1.02 bits per heavy atom. The molecule has 0 spiro atoms. The lowest BCUT2D eigenvalue weighted by Crippen LogP contribution is -2.37. The highest BCUT2D eigenvalue weighted by atomic mass is 31.2. The smallest absolute Gasteiger partial charge is 0.462 e. The Labute approximate surface area is 507 Å². The van der Waals surface area contributed by atoms with Crippen molar-refractivity contribution in [3.05, 3.63) is 85.1 Å². The molecule has 0 saturated carbocycles. The van der Waals surface area contributed by atoms with Crippen molar-refractivity contribution in [2.75, 3.05) is 47.5 Å². The minimum atomic E-state index is -4.41. The van der Waals surface area contributed by atoms with Crippen LogP contribution in [0, 0.1) is 0 Å². The summed E-state index contributed by atoms with van der Waals surface area (Å²) in [6.45, 7) is 4.29. The highest BCUT2D eigenvalue weighted by Crippen LogP contribution is 2.43. The Morgan fingerprint density at radius 1 is 0.390 bits per heavy atom. The molecule has 0 fully saturated rings. The molecule has 0 bridgehead atoms. The summed E-state index contributed by atoms with van der Waals surface area (Å²) < 4.78 is 34.6. The molecule has 0 heterocycles. The number of phosphoric ester groups is 1. The summed E-state index contributed by atoms with van der Waals surface area (Å²) in [5, 5.41) is 0. The Morgan fingerprint density at radius 2 is 0.695 bits per heavy atom. The standard InChI is InChI=1S/C72H130NO8P/c1-6-8-10-12-14-16-18-20-22-24-26-28-30-31-32-33-34-35-36-37-38-39-40-41-43-44-46-48-50-52-54-56-58-60-62-64-71(74)78-68-70(69-80-82(76,77)79-67-66-73(3,4)5)81-72(75)65-63-61-59-57-55-53-51-49-47-45-42-29-27-25-23-21-19-17-15-13-11-9-7-2/h9,11,15,17,21,23,27,29,45,47,51,53,57,59,70H,6-8,10,12-14,16,18-20,22,24-26,28,30-44,46,48-50,52,54-56,58,60-69H2,1-5H3/p+1/b11-9-,17-15-,23-21-,29-27-,47-45-,53-51-,59-57-. The minimum absolute atomic E-state index is 0.0179. The molecule has 10 heteroatoms. The Hall–Kier alpha value is -2.81. The van der Waals surface area contributed by atoms with E-state index in [1.165, 1.54) is 205 Å². The van der Waals surface area contributed by atoms with E-state index in [1.807, 2.05) is 21.1 Å². The van der Waals surface area contributed by atoms with Crippen LogP contribution in [0.1, 0.15) is 309 Å². The van der Waals surface area contributed by atoms with E-state index in [1.54, 1.807) is 0 Å². The number of ether oxygens (including phenoxy) is 2. The number of phosphoric acid groups is 1. The third kappa shape index (κ3) is 66.3. The van der Waals surface area contributed by atoms with Crippen molar-refractivity contribution in [1.29, 1.82) is 0 Å². The maximum Gasteiger partial charge on any atom is 0.472 e. The number of hydrogen-bond acceptors (Lipinski definition) is 7. The number of allylic oxidation sites excluding steroid dienone is 14. The molecular weight excluding hydrogens is 1040 g/mol. The number of carbonyl (C=O) groups is 2. The second-order valence-corrected chi connectivity index (χ2v) is 25.6. The Kier molecular flexibility index (Phi) is 60.6. The van der Waals surface area contributed by atoms with Gasteiger partial charge in [-0.1, -0.05) is 317 Å². The number of carbonyl (C=O) groups excluding carboxylic acids is 2. The van der Waals surface area contributed by atoms with Crippen molar-refractivity contribution in [2.24, 2.45) is 0 Å². The van der Waals surface area contributed by atoms with Crippen LogP contribution < -0.4 is 0 Å². The van der Waals surface area contributed by atoms with E-state index in [0.29, 0.717) is 23.9 Å². The average molecular weight is 1170 g/mol. The molecule has 0 amide bonds. The largest absolute Gasteiger partial charge is 0.472 e. The van der Waals surface area contributed by atoms with Crippen molar-refractivity contribution in [3.8, 4) is 0 Å².